The highest BCUT2D eigenvalue weighted by molar-refractivity contribution is 14.1. The number of pyridine rings is 1. The number of aromatic amines is 1. The lowest BCUT2D eigenvalue weighted by Gasteiger charge is -2.10. The Hall–Kier alpha value is -0.310. The van der Waals surface area contributed by atoms with Crippen molar-refractivity contribution in [3.05, 3.63) is 26.0 Å². The number of nitrogens with zero attached hydrogens (tertiary/aromatic N) is 1. The molecule has 2 aromatic rings. The molecule has 2 nitrogen and oxygen atoms in total. The number of rotatable bonds is 0. The van der Waals surface area contributed by atoms with E-state index >= 15 is 0 Å². The third kappa shape index (κ3) is 1.86. The van der Waals surface area contributed by atoms with Crippen LogP contribution in [0.2, 0.25) is 0 Å². The number of aromatic nitrogens is 2. The lowest BCUT2D eigenvalue weighted by atomic mass is 10.2. The fourth-order valence-electron chi connectivity index (χ4n) is 1.31. The zero-order chi connectivity index (χ0) is 11.2. The lowest BCUT2D eigenvalue weighted by molar-refractivity contribution is -0.136. The first-order valence-corrected chi connectivity index (χ1v) is 5.66. The molecule has 2 aromatic heterocycles. The summed E-state index contributed by atoms with van der Waals surface area (Å²) in [6.45, 7) is 0. The Morgan fingerprint density at radius 1 is 1.40 bits per heavy atom. The fourth-order valence-corrected chi connectivity index (χ4v) is 2.52. The van der Waals surface area contributed by atoms with Crippen molar-refractivity contribution in [3.63, 3.8) is 0 Å². The molecular formula is C8H3BrF3IN2. The predicted octanol–water partition coefficient (Wildman–Crippen LogP) is 3.95. The Labute approximate surface area is 105 Å². The highest BCUT2D eigenvalue weighted by Crippen LogP contribution is 2.40. The van der Waals surface area contributed by atoms with Crippen LogP contribution in [0.4, 0.5) is 13.2 Å². The van der Waals surface area contributed by atoms with Gasteiger partial charge in [0.25, 0.3) is 0 Å². The molecular weight excluding hydrogens is 388 g/mol. The minimum Gasteiger partial charge on any atom is -0.345 e. The van der Waals surface area contributed by atoms with Gasteiger partial charge in [0.15, 0.2) is 0 Å². The highest BCUT2D eigenvalue weighted by Gasteiger charge is 2.36. The summed E-state index contributed by atoms with van der Waals surface area (Å²) in [5, 5.41) is 0.109. The van der Waals surface area contributed by atoms with E-state index in [0.717, 1.165) is 6.20 Å². The van der Waals surface area contributed by atoms with Crippen LogP contribution in [-0.2, 0) is 6.18 Å². The number of hydrogen-bond acceptors (Lipinski definition) is 1. The van der Waals surface area contributed by atoms with Crippen LogP contribution in [0, 0.1) is 3.57 Å². The normalized spacial score (nSPS) is 12.3. The molecule has 7 heteroatoms. The zero-order valence-electron chi connectivity index (χ0n) is 6.99. The summed E-state index contributed by atoms with van der Waals surface area (Å²) in [6.07, 6.45) is -1.74. The van der Waals surface area contributed by atoms with Crippen molar-refractivity contribution >= 4 is 49.6 Å². The number of halogens is 5. The minimum atomic E-state index is -4.39. The summed E-state index contributed by atoms with van der Waals surface area (Å²) in [5.74, 6) is 0. The quantitative estimate of drug-likeness (QED) is 0.678. The van der Waals surface area contributed by atoms with Crippen LogP contribution in [0.15, 0.2) is 16.9 Å². The van der Waals surface area contributed by atoms with Crippen LogP contribution in [0.5, 0.6) is 0 Å². The molecule has 0 atom stereocenters. The first kappa shape index (κ1) is 11.2. The monoisotopic (exact) mass is 390 g/mol. The smallest absolute Gasteiger partial charge is 0.345 e. The van der Waals surface area contributed by atoms with E-state index in [9.17, 15) is 13.2 Å². The van der Waals surface area contributed by atoms with Gasteiger partial charge in [-0.3, -0.25) is 0 Å². The number of nitrogens with one attached hydrogen (secondary N) is 1. The van der Waals surface area contributed by atoms with E-state index in [1.807, 2.05) is 22.6 Å². The molecule has 15 heavy (non-hydrogen) atoms. The van der Waals surface area contributed by atoms with E-state index in [-0.39, 0.29) is 15.5 Å². The summed E-state index contributed by atoms with van der Waals surface area (Å²) in [7, 11) is 0. The lowest BCUT2D eigenvalue weighted by Crippen LogP contribution is -2.07. The molecule has 0 bridgehead atoms. The van der Waals surface area contributed by atoms with Crippen molar-refractivity contribution in [1.82, 2.24) is 9.97 Å². The van der Waals surface area contributed by atoms with Gasteiger partial charge in [0.05, 0.1) is 5.56 Å². The minimum absolute atomic E-state index is 0.0417. The maximum atomic E-state index is 12.8. The molecule has 2 rings (SSSR count). The summed E-state index contributed by atoms with van der Waals surface area (Å²) in [4.78, 5) is 6.56. The van der Waals surface area contributed by atoms with Gasteiger partial charge in [-0.05, 0) is 38.5 Å². The Balaban J connectivity index is 2.90. The molecule has 0 saturated carbocycles. The number of fused-ring (bicyclic) bond motifs is 1. The summed E-state index contributed by atoms with van der Waals surface area (Å²) < 4.78 is 38.7. The van der Waals surface area contributed by atoms with Gasteiger partial charge in [0.2, 0.25) is 0 Å². The highest BCUT2D eigenvalue weighted by atomic mass is 127. The van der Waals surface area contributed by atoms with Crippen molar-refractivity contribution in [3.8, 4) is 0 Å². The van der Waals surface area contributed by atoms with E-state index in [2.05, 4.69) is 25.9 Å². The molecule has 0 aliphatic rings. The second-order valence-electron chi connectivity index (χ2n) is 2.84. The average Bonchev–Trinajstić information content (AvgIpc) is 2.46. The molecule has 0 aliphatic carbocycles. The Kier molecular flexibility index (Phi) is 2.70. The predicted molar refractivity (Wildman–Crippen MR) is 61.5 cm³/mol. The van der Waals surface area contributed by atoms with Crippen LogP contribution >= 0.6 is 38.5 Å². The van der Waals surface area contributed by atoms with Crippen LogP contribution in [-0.4, -0.2) is 9.97 Å². The summed E-state index contributed by atoms with van der Waals surface area (Å²) >= 11 is 4.72. The summed E-state index contributed by atoms with van der Waals surface area (Å²) in [6, 6.07) is 0. The Morgan fingerprint density at radius 3 is 2.67 bits per heavy atom. The second-order valence-corrected chi connectivity index (χ2v) is 4.86. The van der Waals surface area contributed by atoms with Crippen LogP contribution < -0.4 is 0 Å². The van der Waals surface area contributed by atoms with Gasteiger partial charge in [0, 0.05) is 25.8 Å². The van der Waals surface area contributed by atoms with Crippen molar-refractivity contribution in [1.29, 1.82) is 0 Å². The molecule has 0 spiro atoms. The van der Waals surface area contributed by atoms with E-state index in [1.165, 1.54) is 6.20 Å². The molecule has 0 unspecified atom stereocenters. The summed E-state index contributed by atoms with van der Waals surface area (Å²) in [5.41, 5.74) is -0.437. The van der Waals surface area contributed by atoms with E-state index < -0.39 is 11.7 Å². The van der Waals surface area contributed by atoms with Gasteiger partial charge in [-0.2, -0.15) is 13.2 Å². The molecule has 80 valence electrons. The molecule has 0 amide bonds. The van der Waals surface area contributed by atoms with Gasteiger partial charge in [-0.1, -0.05) is 0 Å². The first-order chi connectivity index (χ1) is 6.91. The van der Waals surface area contributed by atoms with Gasteiger partial charge >= 0.3 is 6.18 Å². The average molecular weight is 391 g/mol. The topological polar surface area (TPSA) is 28.7 Å². The van der Waals surface area contributed by atoms with Crippen molar-refractivity contribution < 1.29 is 13.2 Å². The van der Waals surface area contributed by atoms with Crippen molar-refractivity contribution in [2.75, 3.05) is 0 Å². The van der Waals surface area contributed by atoms with E-state index in [1.54, 1.807) is 0 Å². The Bertz CT molecular complexity index is 520. The standard InChI is InChI=1S/C8H3BrF3IN2/c9-3-1-14-7-5(4(13)2-15-7)6(3)8(10,11)12/h1-2H,(H,14,15). The van der Waals surface area contributed by atoms with E-state index in [4.69, 9.17) is 0 Å². The van der Waals surface area contributed by atoms with Crippen LogP contribution in [0.1, 0.15) is 5.56 Å². The number of hydrogen-bond donors (Lipinski definition) is 1. The SMILES string of the molecule is FC(F)(F)c1c(Br)cnc2[nH]cc(I)c12. The molecule has 0 saturated heterocycles. The third-order valence-electron chi connectivity index (χ3n) is 1.89. The van der Waals surface area contributed by atoms with Gasteiger partial charge < -0.3 is 4.98 Å². The van der Waals surface area contributed by atoms with Crippen molar-refractivity contribution in [2.24, 2.45) is 0 Å². The van der Waals surface area contributed by atoms with Gasteiger partial charge in [0.1, 0.15) is 5.65 Å². The van der Waals surface area contributed by atoms with E-state index in [0.29, 0.717) is 3.57 Å². The molecule has 0 radical (unpaired) electrons. The fraction of sp³-hybridized carbons (Fsp3) is 0.125. The molecule has 2 heterocycles. The Morgan fingerprint density at radius 2 is 2.07 bits per heavy atom. The van der Waals surface area contributed by atoms with Gasteiger partial charge in [-0.15, -0.1) is 0 Å². The second kappa shape index (κ2) is 3.62. The largest absolute Gasteiger partial charge is 0.418 e. The maximum Gasteiger partial charge on any atom is 0.418 e. The molecule has 0 aliphatic heterocycles. The van der Waals surface area contributed by atoms with Gasteiger partial charge in [-0.25, -0.2) is 4.98 Å². The molecule has 0 fully saturated rings. The molecule has 0 aromatic carbocycles. The number of alkyl halides is 3. The molecule has 1 N–H and O–H groups in total. The first-order valence-electron chi connectivity index (χ1n) is 3.79. The zero-order valence-corrected chi connectivity index (χ0v) is 10.7. The van der Waals surface area contributed by atoms with Crippen LogP contribution in [0.25, 0.3) is 11.0 Å². The number of H-pyrrole nitrogens is 1. The van der Waals surface area contributed by atoms with Crippen LogP contribution in [0.3, 0.4) is 0 Å². The van der Waals surface area contributed by atoms with Crippen molar-refractivity contribution in [2.45, 2.75) is 6.18 Å². The third-order valence-corrected chi connectivity index (χ3v) is 3.34. The maximum absolute atomic E-state index is 12.8.